The van der Waals surface area contributed by atoms with Crippen LogP contribution >= 0.6 is 0 Å². The summed E-state index contributed by atoms with van der Waals surface area (Å²) in [4.78, 5) is 0. The van der Waals surface area contributed by atoms with Gasteiger partial charge in [0.2, 0.25) is 0 Å². The molecule has 0 aliphatic carbocycles. The Kier molecular flexibility index (Phi) is 3.34. The topological polar surface area (TPSA) is 25.2 Å². The number of nitrogens with one attached hydrogen (secondary N) is 1. The van der Waals surface area contributed by atoms with E-state index >= 15 is 0 Å². The van der Waals surface area contributed by atoms with Crippen LogP contribution in [0.4, 0.5) is 0 Å². The first-order valence-electron chi connectivity index (χ1n) is 6.56. The van der Waals surface area contributed by atoms with Crippen LogP contribution in [0.3, 0.4) is 0 Å². The second-order valence-corrected chi connectivity index (χ2v) is 4.69. The smallest absolute Gasteiger partial charge is 0.105 e. The molecule has 3 rings (SSSR count). The van der Waals surface area contributed by atoms with E-state index in [0.717, 1.165) is 12.2 Å². The second-order valence-electron chi connectivity index (χ2n) is 4.69. The van der Waals surface area contributed by atoms with Gasteiger partial charge in [0, 0.05) is 12.5 Å². The fourth-order valence-corrected chi connectivity index (χ4v) is 2.55. The van der Waals surface area contributed by atoms with Gasteiger partial charge in [0.1, 0.15) is 5.76 Å². The molecule has 0 radical (unpaired) electrons. The minimum absolute atomic E-state index is 0.261. The van der Waals surface area contributed by atoms with E-state index in [1.165, 1.54) is 16.3 Å². The van der Waals surface area contributed by atoms with E-state index in [1.807, 2.05) is 19.2 Å². The number of rotatable bonds is 4. The molecule has 0 amide bonds. The van der Waals surface area contributed by atoms with Gasteiger partial charge in [-0.2, -0.15) is 0 Å². The summed E-state index contributed by atoms with van der Waals surface area (Å²) < 4.78 is 5.46. The van der Waals surface area contributed by atoms with Crippen molar-refractivity contribution in [1.29, 1.82) is 0 Å². The van der Waals surface area contributed by atoms with Gasteiger partial charge in [-0.3, -0.25) is 0 Å². The van der Waals surface area contributed by atoms with Crippen LogP contribution in [0, 0.1) is 0 Å². The minimum Gasteiger partial charge on any atom is -0.469 e. The Morgan fingerprint density at radius 1 is 1.00 bits per heavy atom. The SMILES string of the molecule is CNC(Cc1ccco1)c1cccc2ccccc12. The molecule has 2 nitrogen and oxygen atoms in total. The number of fused-ring (bicyclic) bond motifs is 1. The molecule has 1 unspecified atom stereocenters. The number of likely N-dealkylation sites (N-methyl/N-ethyl adjacent to an activating group) is 1. The van der Waals surface area contributed by atoms with Crippen LogP contribution in [-0.4, -0.2) is 7.05 Å². The summed E-state index contributed by atoms with van der Waals surface area (Å²) in [6.07, 6.45) is 2.59. The maximum Gasteiger partial charge on any atom is 0.105 e. The zero-order chi connectivity index (χ0) is 13.1. The lowest BCUT2D eigenvalue weighted by atomic mass is 9.96. The van der Waals surface area contributed by atoms with Gasteiger partial charge in [0.25, 0.3) is 0 Å². The van der Waals surface area contributed by atoms with Crippen LogP contribution in [0.5, 0.6) is 0 Å². The van der Waals surface area contributed by atoms with E-state index in [0.29, 0.717) is 0 Å². The van der Waals surface area contributed by atoms with Crippen molar-refractivity contribution in [3.8, 4) is 0 Å². The zero-order valence-corrected chi connectivity index (χ0v) is 11.0. The summed E-state index contributed by atoms with van der Waals surface area (Å²) in [5, 5.41) is 5.97. The molecule has 0 bridgehead atoms. The first-order chi connectivity index (χ1) is 9.38. The van der Waals surface area contributed by atoms with E-state index in [-0.39, 0.29) is 6.04 Å². The Morgan fingerprint density at radius 2 is 1.84 bits per heavy atom. The fourth-order valence-electron chi connectivity index (χ4n) is 2.55. The molecule has 0 aliphatic rings. The molecule has 2 heteroatoms. The van der Waals surface area contributed by atoms with E-state index < -0.39 is 0 Å². The molecule has 1 heterocycles. The van der Waals surface area contributed by atoms with Gasteiger partial charge in [0.15, 0.2) is 0 Å². The van der Waals surface area contributed by atoms with Gasteiger partial charge in [-0.1, -0.05) is 42.5 Å². The standard InChI is InChI=1S/C17H17NO/c1-18-17(12-14-8-5-11-19-14)16-10-4-7-13-6-2-3-9-15(13)16/h2-11,17-18H,12H2,1H3. The molecular weight excluding hydrogens is 234 g/mol. The van der Waals surface area contributed by atoms with E-state index in [2.05, 4.69) is 47.8 Å². The Hall–Kier alpha value is -2.06. The normalized spacial score (nSPS) is 12.7. The van der Waals surface area contributed by atoms with Gasteiger partial charge in [-0.15, -0.1) is 0 Å². The van der Waals surface area contributed by atoms with E-state index in [4.69, 9.17) is 4.42 Å². The van der Waals surface area contributed by atoms with Crippen molar-refractivity contribution in [2.45, 2.75) is 12.5 Å². The predicted molar refractivity (Wildman–Crippen MR) is 78.2 cm³/mol. The first kappa shape index (κ1) is 12.0. The van der Waals surface area contributed by atoms with Crippen molar-refractivity contribution < 1.29 is 4.42 Å². The van der Waals surface area contributed by atoms with Gasteiger partial charge in [-0.25, -0.2) is 0 Å². The lowest BCUT2D eigenvalue weighted by Gasteiger charge is -2.17. The van der Waals surface area contributed by atoms with Gasteiger partial charge >= 0.3 is 0 Å². The minimum atomic E-state index is 0.261. The van der Waals surface area contributed by atoms with Gasteiger partial charge in [-0.05, 0) is 35.5 Å². The van der Waals surface area contributed by atoms with Crippen molar-refractivity contribution in [1.82, 2.24) is 5.32 Å². The molecule has 1 atom stereocenters. The summed E-state index contributed by atoms with van der Waals surface area (Å²) in [6, 6.07) is 19.2. The molecule has 0 aliphatic heterocycles. The van der Waals surface area contributed by atoms with Crippen LogP contribution in [0.2, 0.25) is 0 Å². The highest BCUT2D eigenvalue weighted by Crippen LogP contribution is 2.26. The maximum atomic E-state index is 5.46. The summed E-state index contributed by atoms with van der Waals surface area (Å²) in [7, 11) is 2.00. The number of hydrogen-bond acceptors (Lipinski definition) is 2. The molecule has 0 saturated heterocycles. The number of hydrogen-bond donors (Lipinski definition) is 1. The molecule has 0 fully saturated rings. The van der Waals surface area contributed by atoms with Crippen LogP contribution < -0.4 is 5.32 Å². The molecule has 96 valence electrons. The lowest BCUT2D eigenvalue weighted by molar-refractivity contribution is 0.467. The number of furan rings is 1. The third-order valence-electron chi connectivity index (χ3n) is 3.53. The monoisotopic (exact) mass is 251 g/mol. The van der Waals surface area contributed by atoms with Crippen molar-refractivity contribution in [2.75, 3.05) is 7.05 Å². The average molecular weight is 251 g/mol. The first-order valence-corrected chi connectivity index (χ1v) is 6.56. The van der Waals surface area contributed by atoms with Crippen LogP contribution in [0.15, 0.2) is 65.3 Å². The molecule has 0 spiro atoms. The quantitative estimate of drug-likeness (QED) is 0.760. The maximum absolute atomic E-state index is 5.46. The molecule has 2 aromatic carbocycles. The summed E-state index contributed by atoms with van der Waals surface area (Å²) in [5.74, 6) is 1.01. The largest absolute Gasteiger partial charge is 0.469 e. The molecule has 19 heavy (non-hydrogen) atoms. The van der Waals surface area contributed by atoms with Crippen molar-refractivity contribution >= 4 is 10.8 Å². The van der Waals surface area contributed by atoms with Crippen molar-refractivity contribution in [3.63, 3.8) is 0 Å². The molecule has 1 aromatic heterocycles. The fraction of sp³-hybridized carbons (Fsp3) is 0.176. The highest BCUT2D eigenvalue weighted by Gasteiger charge is 2.14. The van der Waals surface area contributed by atoms with Gasteiger partial charge in [0.05, 0.1) is 6.26 Å². The Labute approximate surface area is 113 Å². The third-order valence-corrected chi connectivity index (χ3v) is 3.53. The lowest BCUT2D eigenvalue weighted by Crippen LogP contribution is -2.18. The average Bonchev–Trinajstić information content (AvgIpc) is 2.97. The van der Waals surface area contributed by atoms with Crippen molar-refractivity contribution in [2.24, 2.45) is 0 Å². The zero-order valence-electron chi connectivity index (χ0n) is 11.0. The Bertz CT molecular complexity index is 653. The van der Waals surface area contributed by atoms with Crippen LogP contribution in [-0.2, 0) is 6.42 Å². The van der Waals surface area contributed by atoms with Crippen molar-refractivity contribution in [3.05, 3.63) is 72.2 Å². The highest BCUT2D eigenvalue weighted by molar-refractivity contribution is 5.86. The number of benzene rings is 2. The van der Waals surface area contributed by atoms with Crippen LogP contribution in [0.1, 0.15) is 17.4 Å². The Balaban J connectivity index is 2.01. The van der Waals surface area contributed by atoms with E-state index in [9.17, 15) is 0 Å². The second kappa shape index (κ2) is 5.29. The summed E-state index contributed by atoms with van der Waals surface area (Å²) in [6.45, 7) is 0. The predicted octanol–water partition coefficient (Wildman–Crippen LogP) is 3.94. The third kappa shape index (κ3) is 2.40. The van der Waals surface area contributed by atoms with Gasteiger partial charge < -0.3 is 9.73 Å². The molecule has 3 aromatic rings. The molecular formula is C17H17NO. The summed E-state index contributed by atoms with van der Waals surface area (Å²) >= 11 is 0. The highest BCUT2D eigenvalue weighted by atomic mass is 16.3. The molecule has 1 N–H and O–H groups in total. The summed E-state index contributed by atoms with van der Waals surface area (Å²) in [5.41, 5.74) is 1.32. The van der Waals surface area contributed by atoms with Crippen LogP contribution in [0.25, 0.3) is 10.8 Å². The Morgan fingerprint density at radius 3 is 2.63 bits per heavy atom. The molecule has 0 saturated carbocycles. The van der Waals surface area contributed by atoms with E-state index in [1.54, 1.807) is 6.26 Å².